The molecule has 0 spiro atoms. The molecule has 1 aliphatic carbocycles. The normalized spacial score (nSPS) is 21.5. The molecule has 0 aromatic heterocycles. The van der Waals surface area contributed by atoms with Crippen LogP contribution in [0.3, 0.4) is 0 Å². The molecule has 1 fully saturated rings. The molecule has 0 saturated carbocycles. The van der Waals surface area contributed by atoms with E-state index in [1.54, 1.807) is 4.90 Å². The maximum atomic E-state index is 12.9. The van der Waals surface area contributed by atoms with Gasteiger partial charge in [-0.15, -0.1) is 0 Å². The van der Waals surface area contributed by atoms with Crippen molar-refractivity contribution in [3.63, 3.8) is 0 Å². The van der Waals surface area contributed by atoms with Crippen LogP contribution in [0.15, 0.2) is 35.9 Å². The third kappa shape index (κ3) is 5.91. The lowest BCUT2D eigenvalue weighted by atomic mass is 9.73. The molecule has 31 heavy (non-hydrogen) atoms. The predicted molar refractivity (Wildman–Crippen MR) is 124 cm³/mol. The van der Waals surface area contributed by atoms with Gasteiger partial charge in [0.25, 0.3) is 0 Å². The summed E-state index contributed by atoms with van der Waals surface area (Å²) in [7, 11) is 0. The monoisotopic (exact) mass is 427 g/mol. The molecule has 1 aromatic rings. The number of aryl methyl sites for hydroxylation is 1. The number of aromatic hydroxyl groups is 1. The summed E-state index contributed by atoms with van der Waals surface area (Å²) < 4.78 is 11.3. The van der Waals surface area contributed by atoms with E-state index >= 15 is 0 Å². The number of hydrogen-bond acceptors (Lipinski definition) is 4. The van der Waals surface area contributed by atoms with Gasteiger partial charge >= 0.3 is 6.09 Å². The summed E-state index contributed by atoms with van der Waals surface area (Å²) in [6, 6.07) is 3.81. The SMILES string of the molecule is C=C(C)[C@@H]1CCC(C)=C[C@H]1c1c(O)cc(CCCCC)cc1OC(=O)N1CCOCC1. The van der Waals surface area contributed by atoms with Crippen LogP contribution in [0.25, 0.3) is 0 Å². The van der Waals surface area contributed by atoms with E-state index in [1.807, 2.05) is 19.1 Å². The number of phenols is 1. The number of benzene rings is 1. The Morgan fingerprint density at radius 3 is 2.71 bits per heavy atom. The average Bonchev–Trinajstić information content (AvgIpc) is 2.74. The van der Waals surface area contributed by atoms with Crippen molar-refractivity contribution < 1.29 is 19.4 Å². The lowest BCUT2D eigenvalue weighted by Gasteiger charge is -2.32. The molecule has 1 aromatic carbocycles. The van der Waals surface area contributed by atoms with E-state index in [2.05, 4.69) is 26.5 Å². The summed E-state index contributed by atoms with van der Waals surface area (Å²) >= 11 is 0. The summed E-state index contributed by atoms with van der Waals surface area (Å²) in [6.07, 6.45) is 8.00. The van der Waals surface area contributed by atoms with Gasteiger partial charge in [0.05, 0.1) is 13.2 Å². The highest BCUT2D eigenvalue weighted by atomic mass is 16.6. The van der Waals surface area contributed by atoms with Gasteiger partial charge in [0.1, 0.15) is 11.5 Å². The predicted octanol–water partition coefficient (Wildman–Crippen LogP) is 5.97. The first-order chi connectivity index (χ1) is 14.9. The second-order valence-corrected chi connectivity index (χ2v) is 8.98. The zero-order chi connectivity index (χ0) is 22.4. The Morgan fingerprint density at radius 1 is 1.29 bits per heavy atom. The lowest BCUT2D eigenvalue weighted by Crippen LogP contribution is -2.42. The molecule has 3 rings (SSSR count). The van der Waals surface area contributed by atoms with Gasteiger partial charge in [-0.2, -0.15) is 0 Å². The molecule has 0 unspecified atom stereocenters. The summed E-state index contributed by atoms with van der Waals surface area (Å²) in [5.41, 5.74) is 4.08. The van der Waals surface area contributed by atoms with Crippen molar-refractivity contribution in [3.8, 4) is 11.5 Å². The Labute approximate surface area is 186 Å². The van der Waals surface area contributed by atoms with Crippen molar-refractivity contribution in [1.82, 2.24) is 4.90 Å². The van der Waals surface area contributed by atoms with Gasteiger partial charge in [-0.1, -0.05) is 43.6 Å². The Hall–Kier alpha value is -2.27. The fourth-order valence-corrected chi connectivity index (χ4v) is 4.62. The van der Waals surface area contributed by atoms with Crippen LogP contribution in [-0.4, -0.2) is 42.4 Å². The van der Waals surface area contributed by atoms with Gasteiger partial charge in [-0.25, -0.2) is 4.79 Å². The van der Waals surface area contributed by atoms with E-state index in [1.165, 1.54) is 5.57 Å². The maximum absolute atomic E-state index is 12.9. The van der Waals surface area contributed by atoms with Crippen LogP contribution in [0, 0.1) is 5.92 Å². The Balaban J connectivity index is 1.98. The van der Waals surface area contributed by atoms with E-state index in [-0.39, 0.29) is 23.7 Å². The van der Waals surface area contributed by atoms with Crippen LogP contribution in [0.4, 0.5) is 4.79 Å². The second kappa shape index (κ2) is 10.9. The largest absolute Gasteiger partial charge is 0.507 e. The molecule has 1 N–H and O–H groups in total. The van der Waals surface area contributed by atoms with Crippen LogP contribution in [0.1, 0.15) is 69.9 Å². The number of morpholine rings is 1. The van der Waals surface area contributed by atoms with Crippen LogP contribution in [-0.2, 0) is 11.2 Å². The van der Waals surface area contributed by atoms with Crippen molar-refractivity contribution >= 4 is 6.09 Å². The molecule has 0 radical (unpaired) electrons. The summed E-state index contributed by atoms with van der Waals surface area (Å²) in [4.78, 5) is 14.6. The van der Waals surface area contributed by atoms with Gasteiger partial charge in [-0.3, -0.25) is 0 Å². The fourth-order valence-electron chi connectivity index (χ4n) is 4.62. The van der Waals surface area contributed by atoms with E-state index in [0.29, 0.717) is 37.6 Å². The minimum atomic E-state index is -0.377. The molecule has 1 amide bonds. The number of phenolic OH excluding ortho intramolecular Hbond substituents is 1. The van der Waals surface area contributed by atoms with Gasteiger partial charge in [-0.05, 0) is 63.1 Å². The van der Waals surface area contributed by atoms with E-state index in [0.717, 1.165) is 49.7 Å². The molecule has 170 valence electrons. The van der Waals surface area contributed by atoms with Crippen LogP contribution < -0.4 is 4.74 Å². The topological polar surface area (TPSA) is 59.0 Å². The molecule has 5 heteroatoms. The van der Waals surface area contributed by atoms with E-state index in [9.17, 15) is 9.90 Å². The number of carbonyl (C=O) groups excluding carboxylic acids is 1. The van der Waals surface area contributed by atoms with Crippen molar-refractivity contribution in [3.05, 3.63) is 47.1 Å². The minimum Gasteiger partial charge on any atom is -0.507 e. The number of allylic oxidation sites excluding steroid dienone is 3. The average molecular weight is 428 g/mol. The van der Waals surface area contributed by atoms with Gasteiger partial charge in [0.2, 0.25) is 0 Å². The third-order valence-electron chi connectivity index (χ3n) is 6.43. The van der Waals surface area contributed by atoms with Gasteiger partial charge in [0.15, 0.2) is 0 Å². The molecule has 2 atom stereocenters. The molecule has 2 aliphatic rings. The molecule has 1 aliphatic heterocycles. The number of nitrogens with zero attached hydrogens (tertiary/aromatic N) is 1. The highest BCUT2D eigenvalue weighted by molar-refractivity contribution is 5.72. The highest BCUT2D eigenvalue weighted by Gasteiger charge is 2.32. The van der Waals surface area contributed by atoms with Crippen LogP contribution in [0.5, 0.6) is 11.5 Å². The summed E-state index contributed by atoms with van der Waals surface area (Å²) in [5.74, 6) is 0.843. The smallest absolute Gasteiger partial charge is 0.415 e. The molecule has 1 saturated heterocycles. The second-order valence-electron chi connectivity index (χ2n) is 8.98. The molecule has 1 heterocycles. The van der Waals surface area contributed by atoms with Gasteiger partial charge in [0, 0.05) is 24.6 Å². The van der Waals surface area contributed by atoms with Crippen LogP contribution in [0.2, 0.25) is 0 Å². The Kier molecular flexibility index (Phi) is 8.19. The van der Waals surface area contributed by atoms with Gasteiger partial charge < -0.3 is 19.5 Å². The van der Waals surface area contributed by atoms with Crippen molar-refractivity contribution in [2.75, 3.05) is 26.3 Å². The number of rotatable bonds is 7. The van der Waals surface area contributed by atoms with Crippen molar-refractivity contribution in [2.45, 2.75) is 65.2 Å². The summed E-state index contributed by atoms with van der Waals surface area (Å²) in [6.45, 7) is 12.6. The standard InChI is InChI=1S/C26H37NO4/c1-5-6-7-8-20-16-23(28)25(22-15-19(4)9-10-21(22)18(2)3)24(17-20)31-26(29)27-11-13-30-14-12-27/h15-17,21-22,28H,2,5-14H2,1,3-4H3/t21-,22+/m0/s1. The van der Waals surface area contributed by atoms with Crippen molar-refractivity contribution in [1.29, 1.82) is 0 Å². The minimum absolute atomic E-state index is 0.0524. The first-order valence-corrected chi connectivity index (χ1v) is 11.6. The third-order valence-corrected chi connectivity index (χ3v) is 6.43. The zero-order valence-corrected chi connectivity index (χ0v) is 19.3. The maximum Gasteiger partial charge on any atom is 0.415 e. The Bertz CT molecular complexity index is 823. The number of hydrogen-bond donors (Lipinski definition) is 1. The molecule has 0 bridgehead atoms. The molecular formula is C26H37NO4. The quantitative estimate of drug-likeness (QED) is 0.430. The lowest BCUT2D eigenvalue weighted by molar-refractivity contribution is 0.0414. The van der Waals surface area contributed by atoms with Crippen molar-refractivity contribution in [2.24, 2.45) is 5.92 Å². The fraction of sp³-hybridized carbons (Fsp3) is 0.577. The summed E-state index contributed by atoms with van der Waals surface area (Å²) in [5, 5.41) is 11.1. The first-order valence-electron chi connectivity index (χ1n) is 11.6. The van der Waals surface area contributed by atoms with E-state index in [4.69, 9.17) is 9.47 Å². The molecular weight excluding hydrogens is 390 g/mol. The first kappa shape index (κ1) is 23.4. The van der Waals surface area contributed by atoms with E-state index < -0.39 is 0 Å². The highest BCUT2D eigenvalue weighted by Crippen LogP contribution is 2.47. The molecule has 5 nitrogen and oxygen atoms in total. The zero-order valence-electron chi connectivity index (χ0n) is 19.3. The number of ether oxygens (including phenoxy) is 2. The number of unbranched alkanes of at least 4 members (excludes halogenated alkanes) is 2. The van der Waals surface area contributed by atoms with Crippen LogP contribution >= 0.6 is 0 Å². The number of carbonyl (C=O) groups is 1. The number of amides is 1. The Morgan fingerprint density at radius 2 is 2.03 bits per heavy atom.